The fraction of sp³-hybridized carbons (Fsp3) is 0.0698. The molecule has 0 spiro atoms. The summed E-state index contributed by atoms with van der Waals surface area (Å²) in [6, 6.07) is 55.3. The fourth-order valence-electron chi connectivity index (χ4n) is 7.44. The van der Waals surface area contributed by atoms with E-state index in [0.29, 0.717) is 0 Å². The van der Waals surface area contributed by atoms with E-state index < -0.39 is 0 Å². The van der Waals surface area contributed by atoms with E-state index in [1.165, 1.54) is 71.6 Å². The quantitative estimate of drug-likeness (QED) is 0.220. The van der Waals surface area contributed by atoms with Gasteiger partial charge in [0.2, 0.25) is 0 Å². The number of nitrogens with one attached hydrogen (secondary N) is 1. The third-order valence-electron chi connectivity index (χ3n) is 9.73. The zero-order valence-electron chi connectivity index (χ0n) is 25.4. The van der Waals surface area contributed by atoms with Crippen LogP contribution in [-0.4, -0.2) is 4.57 Å². The highest BCUT2D eigenvalue weighted by molar-refractivity contribution is 6.10. The summed E-state index contributed by atoms with van der Waals surface area (Å²) in [6.45, 7) is 4.71. The van der Waals surface area contributed by atoms with Crippen LogP contribution in [0.5, 0.6) is 0 Å². The molecule has 7 aromatic carbocycles. The van der Waals surface area contributed by atoms with Crippen molar-refractivity contribution in [3.63, 3.8) is 0 Å². The molecule has 1 aromatic heterocycles. The minimum atomic E-state index is -0.109. The van der Waals surface area contributed by atoms with Gasteiger partial charge in [-0.2, -0.15) is 0 Å². The number of aromatic nitrogens is 1. The van der Waals surface area contributed by atoms with E-state index >= 15 is 0 Å². The molecule has 0 unspecified atom stereocenters. The van der Waals surface area contributed by atoms with Crippen LogP contribution < -0.4 is 5.32 Å². The number of hydrogen-bond donors (Lipinski definition) is 1. The minimum absolute atomic E-state index is 0.109. The van der Waals surface area contributed by atoms with E-state index in [9.17, 15) is 0 Å². The molecule has 1 heterocycles. The maximum absolute atomic E-state index is 3.75. The highest BCUT2D eigenvalue weighted by Crippen LogP contribution is 2.50. The molecular weight excluding hydrogens is 544 g/mol. The summed E-state index contributed by atoms with van der Waals surface area (Å²) in [7, 11) is 0. The summed E-state index contributed by atoms with van der Waals surface area (Å²) in [6.07, 6.45) is 0. The molecule has 0 radical (unpaired) electrons. The van der Waals surface area contributed by atoms with Gasteiger partial charge in [-0.05, 0) is 105 Å². The summed E-state index contributed by atoms with van der Waals surface area (Å²) < 4.78 is 2.36. The van der Waals surface area contributed by atoms with Crippen molar-refractivity contribution in [1.29, 1.82) is 0 Å². The smallest absolute Gasteiger partial charge is 0.0542 e. The summed E-state index contributed by atoms with van der Waals surface area (Å²) in [4.78, 5) is 0. The lowest BCUT2D eigenvalue weighted by atomic mass is 9.81. The Morgan fingerprint density at radius 1 is 0.467 bits per heavy atom. The van der Waals surface area contributed by atoms with E-state index in [0.717, 1.165) is 11.4 Å². The Hall–Kier alpha value is -5.60. The van der Waals surface area contributed by atoms with Gasteiger partial charge in [-0.25, -0.2) is 0 Å². The first-order chi connectivity index (χ1) is 22.0. The van der Waals surface area contributed by atoms with Gasteiger partial charge in [0.1, 0.15) is 0 Å². The monoisotopic (exact) mass is 576 g/mol. The molecule has 214 valence electrons. The fourth-order valence-corrected chi connectivity index (χ4v) is 7.44. The molecule has 1 aliphatic carbocycles. The molecule has 0 amide bonds. The maximum Gasteiger partial charge on any atom is 0.0542 e. The van der Waals surface area contributed by atoms with E-state index in [2.05, 4.69) is 175 Å². The number of hydrogen-bond acceptors (Lipinski definition) is 1. The van der Waals surface area contributed by atoms with Gasteiger partial charge in [-0.3, -0.25) is 0 Å². The van der Waals surface area contributed by atoms with E-state index in [1.807, 2.05) is 0 Å². The van der Waals surface area contributed by atoms with Crippen molar-refractivity contribution in [2.75, 3.05) is 5.32 Å². The SMILES string of the molecule is CC1(C)c2cc(Nc3ccc4c(c3)c3ccccc3n4-c3ccccc3)ccc2-c2ccc(-c3ccc4ccccc4c3)cc21. The van der Waals surface area contributed by atoms with Crippen molar-refractivity contribution in [1.82, 2.24) is 4.57 Å². The van der Waals surface area contributed by atoms with E-state index in [1.54, 1.807) is 0 Å². The largest absolute Gasteiger partial charge is 0.355 e. The lowest BCUT2D eigenvalue weighted by Gasteiger charge is -2.23. The second-order valence-corrected chi connectivity index (χ2v) is 12.8. The number of nitrogens with zero attached hydrogens (tertiary/aromatic N) is 1. The molecule has 0 atom stereocenters. The molecule has 0 saturated heterocycles. The molecule has 0 fully saturated rings. The Labute approximate surface area is 263 Å². The van der Waals surface area contributed by atoms with Crippen LogP contribution >= 0.6 is 0 Å². The summed E-state index contributed by atoms with van der Waals surface area (Å²) >= 11 is 0. The molecule has 0 aliphatic heterocycles. The first kappa shape index (κ1) is 25.9. The number of anilines is 2. The minimum Gasteiger partial charge on any atom is -0.355 e. The van der Waals surface area contributed by atoms with Gasteiger partial charge in [0.25, 0.3) is 0 Å². The Morgan fingerprint density at radius 2 is 1.09 bits per heavy atom. The molecule has 1 aliphatic rings. The van der Waals surface area contributed by atoms with Crippen molar-refractivity contribution in [3.05, 3.63) is 163 Å². The van der Waals surface area contributed by atoms with Gasteiger partial charge in [0.15, 0.2) is 0 Å². The second kappa shape index (κ2) is 9.70. The molecule has 45 heavy (non-hydrogen) atoms. The van der Waals surface area contributed by atoms with Crippen LogP contribution in [0.4, 0.5) is 11.4 Å². The molecule has 0 bridgehead atoms. The van der Waals surface area contributed by atoms with E-state index in [4.69, 9.17) is 0 Å². The van der Waals surface area contributed by atoms with Gasteiger partial charge >= 0.3 is 0 Å². The van der Waals surface area contributed by atoms with Crippen LogP contribution in [0.15, 0.2) is 152 Å². The predicted octanol–water partition coefficient (Wildman–Crippen LogP) is 11.7. The number of fused-ring (bicyclic) bond motifs is 7. The standard InChI is InChI=1S/C43H32N2/c1-43(2)39-25-31(30-17-16-28-10-6-7-11-29(28)24-30)18-21-35(39)36-22-19-33(27-40(36)43)44-32-20-23-42-38(26-32)37-14-8-9-15-41(37)45(42)34-12-4-3-5-13-34/h3-27,44H,1-2H3. The van der Waals surface area contributed by atoms with Crippen LogP contribution in [0.3, 0.4) is 0 Å². The molecule has 8 aromatic rings. The van der Waals surface area contributed by atoms with E-state index in [-0.39, 0.29) is 5.41 Å². The van der Waals surface area contributed by atoms with Crippen molar-refractivity contribution in [2.24, 2.45) is 0 Å². The second-order valence-electron chi connectivity index (χ2n) is 12.8. The van der Waals surface area contributed by atoms with Crippen molar-refractivity contribution in [2.45, 2.75) is 19.3 Å². The third kappa shape index (κ3) is 4.03. The van der Waals surface area contributed by atoms with Gasteiger partial charge < -0.3 is 9.88 Å². The van der Waals surface area contributed by atoms with Crippen molar-refractivity contribution in [3.8, 4) is 27.9 Å². The van der Waals surface area contributed by atoms with Crippen LogP contribution in [0.25, 0.3) is 60.5 Å². The zero-order valence-corrected chi connectivity index (χ0v) is 25.4. The van der Waals surface area contributed by atoms with Gasteiger partial charge in [-0.1, -0.05) is 105 Å². The number of rotatable bonds is 4. The number of para-hydroxylation sites is 2. The predicted molar refractivity (Wildman–Crippen MR) is 191 cm³/mol. The molecule has 2 heteroatoms. The number of benzene rings is 7. The summed E-state index contributed by atoms with van der Waals surface area (Å²) in [5.74, 6) is 0. The highest BCUT2D eigenvalue weighted by Gasteiger charge is 2.35. The Morgan fingerprint density at radius 3 is 1.96 bits per heavy atom. The first-order valence-electron chi connectivity index (χ1n) is 15.7. The highest BCUT2D eigenvalue weighted by atomic mass is 15.0. The van der Waals surface area contributed by atoms with Crippen LogP contribution in [0.1, 0.15) is 25.0 Å². The van der Waals surface area contributed by atoms with Crippen LogP contribution in [0, 0.1) is 0 Å². The maximum atomic E-state index is 3.75. The lowest BCUT2D eigenvalue weighted by Crippen LogP contribution is -2.15. The molecule has 9 rings (SSSR count). The Balaban J connectivity index is 1.08. The van der Waals surface area contributed by atoms with Gasteiger partial charge in [0.05, 0.1) is 11.0 Å². The average Bonchev–Trinajstić information content (AvgIpc) is 3.53. The first-order valence-corrected chi connectivity index (χ1v) is 15.7. The zero-order chi connectivity index (χ0) is 30.1. The van der Waals surface area contributed by atoms with Crippen LogP contribution in [-0.2, 0) is 5.41 Å². The molecule has 0 saturated carbocycles. The summed E-state index contributed by atoms with van der Waals surface area (Å²) in [5, 5.41) is 8.80. The lowest BCUT2D eigenvalue weighted by molar-refractivity contribution is 0.661. The topological polar surface area (TPSA) is 17.0 Å². The summed E-state index contributed by atoms with van der Waals surface area (Å²) in [5.41, 5.74) is 13.6. The Bertz CT molecular complexity index is 2430. The molecular formula is C43H32N2. The normalized spacial score (nSPS) is 13.3. The van der Waals surface area contributed by atoms with Gasteiger partial charge in [0, 0.05) is 33.2 Å². The third-order valence-corrected chi connectivity index (χ3v) is 9.73. The average molecular weight is 577 g/mol. The van der Waals surface area contributed by atoms with Crippen molar-refractivity contribution >= 4 is 44.0 Å². The van der Waals surface area contributed by atoms with Crippen molar-refractivity contribution < 1.29 is 0 Å². The van der Waals surface area contributed by atoms with Gasteiger partial charge in [-0.15, -0.1) is 0 Å². The molecule has 2 nitrogen and oxygen atoms in total. The Kier molecular flexibility index (Phi) is 5.58. The van der Waals surface area contributed by atoms with Crippen LogP contribution in [0.2, 0.25) is 0 Å². The molecule has 1 N–H and O–H groups in total.